The number of carbonyl (C=O) groups excluding carboxylic acids is 1. The van der Waals surface area contributed by atoms with E-state index in [1.807, 2.05) is 18.2 Å². The molecule has 8 nitrogen and oxygen atoms in total. The molecule has 0 spiro atoms. The molecule has 8 heteroatoms. The third-order valence-electron chi connectivity index (χ3n) is 5.81. The summed E-state index contributed by atoms with van der Waals surface area (Å²) in [5.41, 5.74) is 0.994. The molecule has 1 saturated carbocycles. The molecule has 1 aliphatic carbocycles. The van der Waals surface area contributed by atoms with Crippen molar-refractivity contribution in [2.24, 2.45) is 0 Å². The number of nitrogens with one attached hydrogen (secondary N) is 2. The molecule has 0 aromatic carbocycles. The van der Waals surface area contributed by atoms with E-state index in [0.717, 1.165) is 38.2 Å². The highest BCUT2D eigenvalue weighted by Crippen LogP contribution is 2.40. The van der Waals surface area contributed by atoms with E-state index < -0.39 is 0 Å². The van der Waals surface area contributed by atoms with Gasteiger partial charge >= 0.3 is 0 Å². The smallest absolute Gasteiger partial charge is 0.255 e. The maximum absolute atomic E-state index is 13.2. The average molecular weight is 392 g/mol. The van der Waals surface area contributed by atoms with Gasteiger partial charge in [-0.25, -0.2) is 15.0 Å². The number of pyridine rings is 1. The zero-order valence-corrected chi connectivity index (χ0v) is 16.6. The molecular formula is C21H24N6O2. The lowest BCUT2D eigenvalue weighted by molar-refractivity contribution is 0.0940. The first-order valence-corrected chi connectivity index (χ1v) is 10.0. The molecule has 1 unspecified atom stereocenters. The van der Waals surface area contributed by atoms with Crippen molar-refractivity contribution >= 4 is 28.6 Å². The Kier molecular flexibility index (Phi) is 4.15. The Morgan fingerprint density at radius 2 is 2.14 bits per heavy atom. The van der Waals surface area contributed by atoms with Crippen molar-refractivity contribution < 1.29 is 9.21 Å². The second-order valence-corrected chi connectivity index (χ2v) is 8.21. The van der Waals surface area contributed by atoms with E-state index in [9.17, 15) is 4.79 Å². The first-order valence-electron chi connectivity index (χ1n) is 10.0. The number of nitrogens with zero attached hydrogens (tertiary/aromatic N) is 4. The molecule has 0 bridgehead atoms. The average Bonchev–Trinajstić information content (AvgIpc) is 3.12. The monoisotopic (exact) mass is 392 g/mol. The maximum atomic E-state index is 13.2. The van der Waals surface area contributed by atoms with Gasteiger partial charge in [0.15, 0.2) is 0 Å². The van der Waals surface area contributed by atoms with E-state index in [1.165, 1.54) is 6.33 Å². The summed E-state index contributed by atoms with van der Waals surface area (Å²) in [6, 6.07) is 5.92. The molecule has 5 rings (SSSR count). The first kappa shape index (κ1) is 17.9. The number of aryl methyl sites for hydroxylation is 1. The normalized spacial score (nSPS) is 20.1. The molecule has 1 saturated heterocycles. The molecule has 4 heterocycles. The minimum atomic E-state index is -0.145. The highest BCUT2D eigenvalue weighted by Gasteiger charge is 2.38. The van der Waals surface area contributed by atoms with E-state index >= 15 is 0 Å². The predicted molar refractivity (Wildman–Crippen MR) is 110 cm³/mol. The third kappa shape index (κ3) is 3.39. The predicted octanol–water partition coefficient (Wildman–Crippen LogP) is 2.90. The van der Waals surface area contributed by atoms with Crippen molar-refractivity contribution in [3.05, 3.63) is 42.0 Å². The fourth-order valence-corrected chi connectivity index (χ4v) is 3.90. The van der Waals surface area contributed by atoms with Crippen LogP contribution in [-0.2, 0) is 0 Å². The van der Waals surface area contributed by atoms with Crippen LogP contribution in [0.2, 0.25) is 0 Å². The molecule has 2 aliphatic rings. The summed E-state index contributed by atoms with van der Waals surface area (Å²) in [7, 11) is 0. The minimum absolute atomic E-state index is 0.0365. The van der Waals surface area contributed by atoms with Crippen LogP contribution in [0.3, 0.4) is 0 Å². The Morgan fingerprint density at radius 3 is 2.90 bits per heavy atom. The molecule has 29 heavy (non-hydrogen) atoms. The molecule has 1 aliphatic heterocycles. The van der Waals surface area contributed by atoms with Gasteiger partial charge in [-0.15, -0.1) is 0 Å². The van der Waals surface area contributed by atoms with Crippen molar-refractivity contribution in [3.63, 3.8) is 0 Å². The van der Waals surface area contributed by atoms with Crippen LogP contribution in [0, 0.1) is 6.92 Å². The van der Waals surface area contributed by atoms with Crippen molar-refractivity contribution in [2.45, 2.75) is 44.7 Å². The Morgan fingerprint density at radius 1 is 1.28 bits per heavy atom. The van der Waals surface area contributed by atoms with Gasteiger partial charge < -0.3 is 20.0 Å². The number of rotatable bonds is 5. The van der Waals surface area contributed by atoms with Gasteiger partial charge in [-0.2, -0.15) is 0 Å². The van der Waals surface area contributed by atoms with Crippen LogP contribution < -0.4 is 15.5 Å². The fourth-order valence-electron chi connectivity index (χ4n) is 3.90. The zero-order chi connectivity index (χ0) is 20.0. The molecule has 2 fully saturated rings. The summed E-state index contributed by atoms with van der Waals surface area (Å²) in [4.78, 5) is 28.4. The van der Waals surface area contributed by atoms with Crippen molar-refractivity contribution in [1.29, 1.82) is 0 Å². The summed E-state index contributed by atoms with van der Waals surface area (Å²) >= 11 is 0. The van der Waals surface area contributed by atoms with Gasteiger partial charge in [-0.1, -0.05) is 6.07 Å². The van der Waals surface area contributed by atoms with Crippen LogP contribution in [0.4, 0.5) is 11.6 Å². The topological polar surface area (TPSA) is 96.2 Å². The van der Waals surface area contributed by atoms with Crippen molar-refractivity contribution in [1.82, 2.24) is 20.3 Å². The zero-order valence-electron chi connectivity index (χ0n) is 16.6. The number of hydrogen-bond acceptors (Lipinski definition) is 7. The van der Waals surface area contributed by atoms with Gasteiger partial charge in [-0.3, -0.25) is 4.79 Å². The van der Waals surface area contributed by atoms with E-state index in [-0.39, 0.29) is 17.5 Å². The second-order valence-electron chi connectivity index (χ2n) is 8.21. The minimum Gasteiger partial charge on any atom is -0.442 e. The lowest BCUT2D eigenvalue weighted by Gasteiger charge is -2.18. The maximum Gasteiger partial charge on any atom is 0.255 e. The lowest BCUT2D eigenvalue weighted by Crippen LogP contribution is -2.37. The molecule has 3 aromatic rings. The Bertz CT molecular complexity index is 1060. The largest absolute Gasteiger partial charge is 0.442 e. The second kappa shape index (κ2) is 6.72. The summed E-state index contributed by atoms with van der Waals surface area (Å²) in [5.74, 6) is 2.01. The Labute approximate surface area is 168 Å². The van der Waals surface area contributed by atoms with Gasteiger partial charge in [0, 0.05) is 30.9 Å². The number of amides is 1. The van der Waals surface area contributed by atoms with Gasteiger partial charge in [0.2, 0.25) is 5.71 Å². The van der Waals surface area contributed by atoms with Crippen LogP contribution >= 0.6 is 0 Å². The summed E-state index contributed by atoms with van der Waals surface area (Å²) < 4.78 is 5.78. The number of carbonyl (C=O) groups is 1. The van der Waals surface area contributed by atoms with Gasteiger partial charge in [-0.05, 0) is 45.2 Å². The molecule has 3 aromatic heterocycles. The van der Waals surface area contributed by atoms with Gasteiger partial charge in [0.1, 0.15) is 23.7 Å². The van der Waals surface area contributed by atoms with Crippen molar-refractivity contribution in [2.75, 3.05) is 23.3 Å². The van der Waals surface area contributed by atoms with Crippen LogP contribution in [0.1, 0.15) is 42.3 Å². The summed E-state index contributed by atoms with van der Waals surface area (Å²) in [5, 5.41) is 7.29. The fraction of sp³-hybridized carbons (Fsp3) is 0.429. The molecule has 1 atom stereocenters. The molecule has 0 radical (unpaired) electrons. The first-order chi connectivity index (χ1) is 14.0. The molecule has 1 amide bonds. The van der Waals surface area contributed by atoms with E-state index in [4.69, 9.17) is 4.42 Å². The number of hydrogen-bond donors (Lipinski definition) is 2. The summed E-state index contributed by atoms with van der Waals surface area (Å²) in [6.07, 6.45) is 6.31. The van der Waals surface area contributed by atoms with Crippen LogP contribution in [0.15, 0.2) is 35.1 Å². The molecule has 2 N–H and O–H groups in total. The van der Waals surface area contributed by atoms with E-state index in [2.05, 4.69) is 37.4 Å². The van der Waals surface area contributed by atoms with E-state index in [0.29, 0.717) is 28.2 Å². The Hall–Kier alpha value is -3.16. The van der Waals surface area contributed by atoms with Gasteiger partial charge in [0.05, 0.1) is 10.9 Å². The highest BCUT2D eigenvalue weighted by atomic mass is 16.3. The Balaban J connectivity index is 1.38. The number of anilines is 2. The quantitative estimate of drug-likeness (QED) is 0.689. The number of fused-ring (bicyclic) bond motifs is 1. The van der Waals surface area contributed by atoms with Crippen LogP contribution in [0.25, 0.3) is 11.1 Å². The molecule has 150 valence electrons. The van der Waals surface area contributed by atoms with E-state index in [1.54, 1.807) is 13.1 Å². The SMILES string of the molecule is Cc1oc2ncnc(NC3(C)CC3)c2c1C(=O)NC1CCN(c2ccccn2)C1. The lowest BCUT2D eigenvalue weighted by atomic mass is 10.1. The number of furan rings is 1. The number of aromatic nitrogens is 3. The summed E-state index contributed by atoms with van der Waals surface area (Å²) in [6.45, 7) is 5.55. The van der Waals surface area contributed by atoms with Crippen molar-refractivity contribution in [3.8, 4) is 0 Å². The van der Waals surface area contributed by atoms with Crippen LogP contribution in [-0.4, -0.2) is 45.5 Å². The highest BCUT2D eigenvalue weighted by molar-refractivity contribution is 6.10. The van der Waals surface area contributed by atoms with Gasteiger partial charge in [0.25, 0.3) is 5.91 Å². The van der Waals surface area contributed by atoms with Crippen LogP contribution in [0.5, 0.6) is 0 Å². The molecular weight excluding hydrogens is 368 g/mol. The third-order valence-corrected chi connectivity index (χ3v) is 5.81. The standard InChI is InChI=1S/C21H24N6O2/c1-13-16(17-18(26-21(2)7-8-21)23-12-24-20(17)29-13)19(28)25-14-6-10-27(11-14)15-5-3-4-9-22-15/h3-5,9,12,14H,6-8,10-11H2,1-2H3,(H,25,28)(H,23,24,26).